The Labute approximate surface area is 209 Å². The molecule has 0 radical (unpaired) electrons. The van der Waals surface area contributed by atoms with E-state index in [1.54, 1.807) is 0 Å². The first-order chi connectivity index (χ1) is 15.2. The molecule has 0 aromatic heterocycles. The lowest BCUT2D eigenvalue weighted by Crippen LogP contribution is -2.48. The second-order valence-electron chi connectivity index (χ2n) is 8.78. The predicted octanol–water partition coefficient (Wildman–Crippen LogP) is 4.60. The molecule has 2 aliphatic rings. The lowest BCUT2D eigenvalue weighted by atomic mass is 9.64. The van der Waals surface area contributed by atoms with Crippen molar-refractivity contribution in [1.29, 1.82) is 0 Å². The predicted molar refractivity (Wildman–Crippen MR) is 141 cm³/mol. The number of aliphatic imine (C=N–C) groups is 1. The lowest BCUT2D eigenvalue weighted by Gasteiger charge is -2.43. The van der Waals surface area contributed by atoms with Gasteiger partial charge in [0.15, 0.2) is 5.96 Å². The molecule has 0 atom stereocenters. The highest BCUT2D eigenvalue weighted by Crippen LogP contribution is 2.43. The summed E-state index contributed by atoms with van der Waals surface area (Å²) in [4.78, 5) is 18.6. The van der Waals surface area contributed by atoms with Crippen molar-refractivity contribution in [3.05, 3.63) is 71.3 Å². The Bertz CT molecular complexity index is 894. The van der Waals surface area contributed by atoms with Crippen LogP contribution < -0.4 is 10.6 Å². The van der Waals surface area contributed by atoms with Gasteiger partial charge in [-0.25, -0.2) is 4.99 Å². The maximum Gasteiger partial charge on any atom is 0.222 e. The lowest BCUT2D eigenvalue weighted by molar-refractivity contribution is -0.128. The molecule has 2 fully saturated rings. The van der Waals surface area contributed by atoms with Crippen LogP contribution in [0.3, 0.4) is 0 Å². The zero-order valence-electron chi connectivity index (χ0n) is 19.0. The molecule has 1 heterocycles. The van der Waals surface area contributed by atoms with E-state index < -0.39 is 0 Å². The maximum absolute atomic E-state index is 11.8. The van der Waals surface area contributed by atoms with Crippen molar-refractivity contribution in [1.82, 2.24) is 15.5 Å². The molecule has 172 valence electrons. The molecule has 1 aliphatic carbocycles. The van der Waals surface area contributed by atoms with Gasteiger partial charge >= 0.3 is 0 Å². The first-order valence-electron chi connectivity index (χ1n) is 11.6. The summed E-state index contributed by atoms with van der Waals surface area (Å²) in [6, 6.07) is 19.4. The van der Waals surface area contributed by atoms with Gasteiger partial charge in [0.05, 0.1) is 6.54 Å². The van der Waals surface area contributed by atoms with Gasteiger partial charge in [-0.3, -0.25) is 4.79 Å². The summed E-state index contributed by atoms with van der Waals surface area (Å²) >= 11 is 0. The van der Waals surface area contributed by atoms with E-state index in [0.29, 0.717) is 19.5 Å². The van der Waals surface area contributed by atoms with Crippen LogP contribution in [0.5, 0.6) is 0 Å². The third kappa shape index (κ3) is 6.03. The maximum atomic E-state index is 11.8. The summed E-state index contributed by atoms with van der Waals surface area (Å²) in [6.07, 6.45) is 5.42. The van der Waals surface area contributed by atoms with E-state index in [9.17, 15) is 4.79 Å². The van der Waals surface area contributed by atoms with Gasteiger partial charge in [-0.2, -0.15) is 0 Å². The highest BCUT2D eigenvalue weighted by atomic mass is 127. The molecule has 1 aliphatic heterocycles. The van der Waals surface area contributed by atoms with E-state index in [2.05, 4.69) is 72.2 Å². The number of guanidine groups is 1. The van der Waals surface area contributed by atoms with Crippen LogP contribution in [0.2, 0.25) is 0 Å². The molecular formula is C26H35IN4O. The van der Waals surface area contributed by atoms with Gasteiger partial charge in [-0.1, -0.05) is 61.0 Å². The summed E-state index contributed by atoms with van der Waals surface area (Å²) < 4.78 is 0. The minimum absolute atomic E-state index is 0. The Hall–Kier alpha value is -2.09. The Kier molecular flexibility index (Phi) is 8.96. The fraction of sp³-hybridized carbons (Fsp3) is 0.462. The first-order valence-corrected chi connectivity index (χ1v) is 11.6. The second-order valence-corrected chi connectivity index (χ2v) is 8.78. The molecule has 1 saturated carbocycles. The number of benzene rings is 2. The number of rotatable bonds is 8. The summed E-state index contributed by atoms with van der Waals surface area (Å²) in [5.41, 5.74) is 4.01. The monoisotopic (exact) mass is 546 g/mol. The number of hydrogen-bond donors (Lipinski definition) is 2. The molecular weight excluding hydrogens is 511 g/mol. The highest BCUT2D eigenvalue weighted by molar-refractivity contribution is 14.0. The van der Waals surface area contributed by atoms with Gasteiger partial charge in [0.2, 0.25) is 5.91 Å². The Morgan fingerprint density at radius 1 is 1.00 bits per heavy atom. The fourth-order valence-corrected chi connectivity index (χ4v) is 4.57. The van der Waals surface area contributed by atoms with Gasteiger partial charge in [-0.05, 0) is 42.9 Å². The van der Waals surface area contributed by atoms with Crippen molar-refractivity contribution in [2.24, 2.45) is 4.99 Å². The largest absolute Gasteiger partial charge is 0.357 e. The van der Waals surface area contributed by atoms with Crippen molar-refractivity contribution in [2.45, 2.75) is 57.5 Å². The third-order valence-corrected chi connectivity index (χ3v) is 6.62. The van der Waals surface area contributed by atoms with Gasteiger partial charge in [0.25, 0.3) is 0 Å². The van der Waals surface area contributed by atoms with Crippen LogP contribution in [-0.4, -0.2) is 36.4 Å². The van der Waals surface area contributed by atoms with Crippen molar-refractivity contribution < 1.29 is 4.79 Å². The Morgan fingerprint density at radius 3 is 2.31 bits per heavy atom. The normalized spacial score (nSPS) is 17.5. The zero-order valence-corrected chi connectivity index (χ0v) is 21.3. The fourth-order valence-electron chi connectivity index (χ4n) is 4.57. The van der Waals surface area contributed by atoms with Crippen LogP contribution in [0, 0.1) is 0 Å². The molecule has 2 N–H and O–H groups in total. The molecule has 0 spiro atoms. The summed E-state index contributed by atoms with van der Waals surface area (Å²) in [5.74, 6) is 1.14. The van der Waals surface area contributed by atoms with E-state index >= 15 is 0 Å². The number of likely N-dealkylation sites (tertiary alicyclic amines) is 1. The minimum Gasteiger partial charge on any atom is -0.357 e. The topological polar surface area (TPSA) is 56.7 Å². The Balaban J connectivity index is 0.00000289. The van der Waals surface area contributed by atoms with E-state index in [4.69, 9.17) is 4.99 Å². The number of carbonyl (C=O) groups excluding carboxylic acids is 1. The molecule has 0 unspecified atom stereocenters. The van der Waals surface area contributed by atoms with Crippen LogP contribution in [0.15, 0.2) is 59.6 Å². The summed E-state index contributed by atoms with van der Waals surface area (Å²) in [7, 11) is 0. The molecule has 5 nitrogen and oxygen atoms in total. The van der Waals surface area contributed by atoms with E-state index in [-0.39, 0.29) is 35.3 Å². The first kappa shape index (κ1) is 24.6. The van der Waals surface area contributed by atoms with Gasteiger partial charge in [0, 0.05) is 38.0 Å². The highest BCUT2D eigenvalue weighted by Gasteiger charge is 2.38. The molecule has 2 aromatic carbocycles. The average Bonchev–Trinajstić information content (AvgIpc) is 3.17. The average molecular weight is 546 g/mol. The molecule has 4 rings (SSSR count). The standard InChI is InChI=1S/C26H34N4O.HI/c1-2-27-25(29-20-26(15-7-16-26)23-8-4-3-5-9-23)28-18-21-11-13-22(14-12-21)19-30-17-6-10-24(30)31;/h3-5,8-9,11-14H,2,6-7,10,15-20H2,1H3,(H2,27,28,29);1H. The number of nitrogens with one attached hydrogen (secondary N) is 2. The van der Waals surface area contributed by atoms with E-state index in [1.807, 2.05) is 4.90 Å². The SMILES string of the molecule is CCNC(=NCc1ccc(CN2CCCC2=O)cc1)NCC1(c2ccccc2)CCC1.I. The summed E-state index contributed by atoms with van der Waals surface area (Å²) in [6.45, 7) is 6.08. The smallest absolute Gasteiger partial charge is 0.222 e. The minimum atomic E-state index is 0. The van der Waals surface area contributed by atoms with Gasteiger partial charge < -0.3 is 15.5 Å². The molecule has 1 saturated heterocycles. The Morgan fingerprint density at radius 2 is 1.72 bits per heavy atom. The number of nitrogens with zero attached hydrogens (tertiary/aromatic N) is 2. The van der Waals surface area contributed by atoms with Crippen molar-refractivity contribution in [3.63, 3.8) is 0 Å². The molecule has 1 amide bonds. The van der Waals surface area contributed by atoms with Gasteiger partial charge in [-0.15, -0.1) is 24.0 Å². The van der Waals surface area contributed by atoms with Crippen LogP contribution in [-0.2, 0) is 23.3 Å². The number of hydrogen-bond acceptors (Lipinski definition) is 2. The summed E-state index contributed by atoms with van der Waals surface area (Å²) in [5, 5.41) is 6.98. The van der Waals surface area contributed by atoms with Crippen LogP contribution in [0.1, 0.15) is 55.7 Å². The number of carbonyl (C=O) groups is 1. The quantitative estimate of drug-likeness (QED) is 0.289. The third-order valence-electron chi connectivity index (χ3n) is 6.62. The molecule has 6 heteroatoms. The zero-order chi connectivity index (χ0) is 21.5. The number of halogens is 1. The van der Waals surface area contributed by atoms with Crippen molar-refractivity contribution in [2.75, 3.05) is 19.6 Å². The van der Waals surface area contributed by atoms with E-state index in [1.165, 1.54) is 36.0 Å². The van der Waals surface area contributed by atoms with Crippen LogP contribution in [0.25, 0.3) is 0 Å². The van der Waals surface area contributed by atoms with E-state index in [0.717, 1.165) is 32.0 Å². The van der Waals surface area contributed by atoms with Crippen LogP contribution in [0.4, 0.5) is 0 Å². The number of amides is 1. The van der Waals surface area contributed by atoms with Gasteiger partial charge in [0.1, 0.15) is 0 Å². The van der Waals surface area contributed by atoms with Crippen molar-refractivity contribution >= 4 is 35.8 Å². The molecule has 32 heavy (non-hydrogen) atoms. The second kappa shape index (κ2) is 11.7. The molecule has 0 bridgehead atoms. The van der Waals surface area contributed by atoms with Crippen molar-refractivity contribution in [3.8, 4) is 0 Å². The van der Waals surface area contributed by atoms with Crippen LogP contribution >= 0.6 is 24.0 Å². The molecule has 2 aromatic rings.